The number of amides is 1. The first-order chi connectivity index (χ1) is 12.8. The Morgan fingerprint density at radius 1 is 1.04 bits per heavy atom. The Kier molecular flexibility index (Phi) is 7.55. The number of carbonyl (C=O) groups excluding carboxylic acids is 1. The summed E-state index contributed by atoms with van der Waals surface area (Å²) in [4.78, 5) is 16.3. The van der Waals surface area contributed by atoms with E-state index < -0.39 is 0 Å². The molecule has 1 amide bonds. The van der Waals surface area contributed by atoms with Crippen LogP contribution >= 0.6 is 11.8 Å². The highest BCUT2D eigenvalue weighted by Gasteiger charge is 2.21. The van der Waals surface area contributed by atoms with Crippen molar-refractivity contribution in [3.63, 3.8) is 0 Å². The van der Waals surface area contributed by atoms with Crippen LogP contribution < -0.4 is 5.32 Å². The number of thioether (sulfide) groups is 1. The Labute approximate surface area is 159 Å². The molecule has 0 unspecified atom stereocenters. The molecule has 3 rings (SSSR count). The molecule has 0 radical (unpaired) electrons. The Balaban J connectivity index is 1.54. The Bertz CT molecular complexity index is 660. The van der Waals surface area contributed by atoms with E-state index in [1.54, 1.807) is 11.8 Å². The van der Waals surface area contributed by atoms with E-state index in [9.17, 15) is 4.79 Å². The summed E-state index contributed by atoms with van der Waals surface area (Å²) in [7, 11) is 0. The Hall–Kier alpha value is -1.82. The van der Waals surface area contributed by atoms with E-state index in [1.807, 2.05) is 60.7 Å². The van der Waals surface area contributed by atoms with Crippen molar-refractivity contribution in [1.29, 1.82) is 0 Å². The molecule has 5 heteroatoms. The predicted octanol–water partition coefficient (Wildman–Crippen LogP) is 3.36. The third-order valence-corrected chi connectivity index (χ3v) is 5.66. The van der Waals surface area contributed by atoms with Gasteiger partial charge in [-0.1, -0.05) is 48.5 Å². The summed E-state index contributed by atoms with van der Waals surface area (Å²) >= 11 is 1.60. The molecule has 0 bridgehead atoms. The van der Waals surface area contributed by atoms with E-state index >= 15 is 0 Å². The maximum absolute atomic E-state index is 12.8. The molecule has 1 heterocycles. The molecule has 1 saturated heterocycles. The monoisotopic (exact) mass is 370 g/mol. The van der Waals surface area contributed by atoms with Gasteiger partial charge in [-0.3, -0.25) is 9.69 Å². The van der Waals surface area contributed by atoms with E-state index in [4.69, 9.17) is 4.74 Å². The number of morpholine rings is 1. The Morgan fingerprint density at radius 2 is 1.69 bits per heavy atom. The fourth-order valence-corrected chi connectivity index (χ4v) is 4.04. The van der Waals surface area contributed by atoms with Gasteiger partial charge in [0.05, 0.1) is 13.2 Å². The highest BCUT2D eigenvalue weighted by atomic mass is 32.2. The van der Waals surface area contributed by atoms with E-state index in [1.165, 1.54) is 0 Å². The summed E-state index contributed by atoms with van der Waals surface area (Å²) in [6, 6.07) is 20.1. The van der Waals surface area contributed by atoms with Gasteiger partial charge in [-0.15, -0.1) is 11.8 Å². The summed E-state index contributed by atoms with van der Waals surface area (Å²) in [5.74, 6) is 0.0760. The van der Waals surface area contributed by atoms with Gasteiger partial charge in [0.15, 0.2) is 0 Å². The number of ether oxygens (including phenoxy) is 1. The van der Waals surface area contributed by atoms with Crippen LogP contribution in [-0.2, 0) is 9.53 Å². The van der Waals surface area contributed by atoms with Crippen molar-refractivity contribution in [2.45, 2.75) is 16.6 Å². The van der Waals surface area contributed by atoms with Crippen molar-refractivity contribution in [1.82, 2.24) is 10.2 Å². The molecule has 1 N–H and O–H groups in total. The van der Waals surface area contributed by atoms with Crippen molar-refractivity contribution in [2.24, 2.45) is 0 Å². The lowest BCUT2D eigenvalue weighted by atomic mass is 10.1. The van der Waals surface area contributed by atoms with Crippen LogP contribution in [0.4, 0.5) is 0 Å². The van der Waals surface area contributed by atoms with Crippen LogP contribution in [0.1, 0.15) is 17.2 Å². The van der Waals surface area contributed by atoms with E-state index in [0.717, 1.165) is 49.7 Å². The molecule has 138 valence electrons. The minimum absolute atomic E-state index is 0.0760. The maximum Gasteiger partial charge on any atom is 0.237 e. The number of benzene rings is 2. The second-order valence-electron chi connectivity index (χ2n) is 6.32. The van der Waals surface area contributed by atoms with Gasteiger partial charge in [0.25, 0.3) is 0 Å². The van der Waals surface area contributed by atoms with Gasteiger partial charge in [-0.05, 0) is 30.7 Å². The van der Waals surface area contributed by atoms with Gasteiger partial charge in [0.2, 0.25) is 5.91 Å². The summed E-state index contributed by atoms with van der Waals surface area (Å²) in [5.41, 5.74) is 1.03. The Morgan fingerprint density at radius 3 is 2.38 bits per heavy atom. The summed E-state index contributed by atoms with van der Waals surface area (Å²) in [6.07, 6.45) is 0.962. The molecular formula is C21H26N2O2S. The van der Waals surface area contributed by atoms with Gasteiger partial charge < -0.3 is 10.1 Å². The summed E-state index contributed by atoms with van der Waals surface area (Å²) < 4.78 is 5.37. The highest BCUT2D eigenvalue weighted by Crippen LogP contribution is 2.35. The quantitative estimate of drug-likeness (QED) is 0.571. The molecule has 0 aliphatic carbocycles. The molecule has 0 spiro atoms. The first-order valence-corrected chi connectivity index (χ1v) is 10.1. The summed E-state index contributed by atoms with van der Waals surface area (Å²) in [5, 5.41) is 2.89. The van der Waals surface area contributed by atoms with Crippen LogP contribution in [0, 0.1) is 0 Å². The number of nitrogens with zero attached hydrogens (tertiary/aromatic N) is 1. The van der Waals surface area contributed by atoms with Crippen molar-refractivity contribution >= 4 is 17.7 Å². The highest BCUT2D eigenvalue weighted by molar-refractivity contribution is 8.00. The first kappa shape index (κ1) is 19.0. The minimum Gasteiger partial charge on any atom is -0.379 e. The van der Waals surface area contributed by atoms with E-state index in [2.05, 4.69) is 10.2 Å². The largest absolute Gasteiger partial charge is 0.379 e. The number of hydrogen-bond acceptors (Lipinski definition) is 4. The molecule has 2 aromatic carbocycles. The van der Waals surface area contributed by atoms with Gasteiger partial charge in [0.1, 0.15) is 5.25 Å². The molecule has 2 aromatic rings. The molecular weight excluding hydrogens is 344 g/mol. The van der Waals surface area contributed by atoms with Gasteiger partial charge in [0, 0.05) is 24.5 Å². The molecule has 26 heavy (non-hydrogen) atoms. The average molecular weight is 371 g/mol. The molecule has 1 aliphatic rings. The van der Waals surface area contributed by atoms with Crippen molar-refractivity contribution < 1.29 is 9.53 Å². The van der Waals surface area contributed by atoms with E-state index in [0.29, 0.717) is 6.54 Å². The molecule has 1 atom stereocenters. The molecule has 0 aromatic heterocycles. The molecule has 1 aliphatic heterocycles. The lowest BCUT2D eigenvalue weighted by molar-refractivity contribution is -0.120. The maximum atomic E-state index is 12.8. The van der Waals surface area contributed by atoms with Crippen molar-refractivity contribution in [3.8, 4) is 0 Å². The number of nitrogens with one attached hydrogen (secondary N) is 1. The van der Waals surface area contributed by atoms with E-state index in [-0.39, 0.29) is 11.2 Å². The van der Waals surface area contributed by atoms with Gasteiger partial charge in [-0.2, -0.15) is 0 Å². The second kappa shape index (κ2) is 10.4. The molecule has 0 saturated carbocycles. The van der Waals surface area contributed by atoms with Gasteiger partial charge >= 0.3 is 0 Å². The third-order valence-electron chi connectivity index (χ3n) is 4.39. The van der Waals surface area contributed by atoms with Crippen LogP contribution in [0.15, 0.2) is 65.6 Å². The smallest absolute Gasteiger partial charge is 0.237 e. The SMILES string of the molecule is O=C(NCCCN1CCOCC1)[C@H](Sc1ccccc1)c1ccccc1. The van der Waals surface area contributed by atoms with Crippen molar-refractivity contribution in [2.75, 3.05) is 39.4 Å². The number of carbonyl (C=O) groups is 1. The molecule has 4 nitrogen and oxygen atoms in total. The zero-order chi connectivity index (χ0) is 18.0. The third kappa shape index (κ3) is 5.87. The first-order valence-electron chi connectivity index (χ1n) is 9.17. The van der Waals surface area contributed by atoms with Crippen LogP contribution in [0.5, 0.6) is 0 Å². The van der Waals surface area contributed by atoms with Crippen molar-refractivity contribution in [3.05, 3.63) is 66.2 Å². The lowest BCUT2D eigenvalue weighted by Gasteiger charge is -2.26. The standard InChI is InChI=1S/C21H26N2O2S/c24-21(22-12-7-13-23-14-16-25-17-15-23)20(18-8-3-1-4-9-18)26-19-10-5-2-6-11-19/h1-6,8-11,20H,7,12-17H2,(H,22,24)/t20-/m1/s1. The fourth-order valence-electron chi connectivity index (χ4n) is 2.97. The average Bonchev–Trinajstić information content (AvgIpc) is 2.71. The fraction of sp³-hybridized carbons (Fsp3) is 0.381. The van der Waals surface area contributed by atoms with Crippen LogP contribution in [0.3, 0.4) is 0 Å². The van der Waals surface area contributed by atoms with Crippen LogP contribution in [0.25, 0.3) is 0 Å². The second-order valence-corrected chi connectivity index (χ2v) is 7.50. The van der Waals surface area contributed by atoms with Crippen LogP contribution in [-0.4, -0.2) is 50.2 Å². The minimum atomic E-state index is -0.234. The zero-order valence-corrected chi connectivity index (χ0v) is 15.8. The zero-order valence-electron chi connectivity index (χ0n) is 15.0. The molecule has 1 fully saturated rings. The summed E-state index contributed by atoms with van der Waals surface area (Å²) in [6.45, 7) is 5.32. The number of hydrogen-bond donors (Lipinski definition) is 1. The predicted molar refractivity (Wildman–Crippen MR) is 106 cm³/mol. The van der Waals surface area contributed by atoms with Gasteiger partial charge in [-0.25, -0.2) is 0 Å². The van der Waals surface area contributed by atoms with Crippen LogP contribution in [0.2, 0.25) is 0 Å². The topological polar surface area (TPSA) is 41.6 Å². The lowest BCUT2D eigenvalue weighted by Crippen LogP contribution is -2.38. The number of rotatable bonds is 8. The normalized spacial score (nSPS) is 16.2.